The first-order valence-electron chi connectivity index (χ1n) is 6.96. The smallest absolute Gasteiger partial charge is 0.227 e. The fourth-order valence-corrected chi connectivity index (χ4v) is 2.84. The molecule has 2 aliphatic rings. The molecule has 0 bridgehead atoms. The normalized spacial score (nSPS) is 23.9. The van der Waals surface area contributed by atoms with E-state index in [2.05, 4.69) is 10.2 Å². The lowest BCUT2D eigenvalue weighted by Crippen LogP contribution is -2.09. The topological polar surface area (TPSA) is 48.2 Å². The molecule has 104 valence electrons. The second-order valence-corrected chi connectivity index (χ2v) is 5.59. The monoisotopic (exact) mass is 274 g/mol. The first-order valence-corrected chi connectivity index (χ1v) is 6.96. The predicted molar refractivity (Wildman–Crippen MR) is 68.9 cm³/mol. The number of rotatable bonds is 3. The minimum absolute atomic E-state index is 0.196. The fourth-order valence-electron chi connectivity index (χ4n) is 2.84. The van der Waals surface area contributed by atoms with Gasteiger partial charge < -0.3 is 9.15 Å². The van der Waals surface area contributed by atoms with E-state index >= 15 is 0 Å². The lowest BCUT2D eigenvalue weighted by Gasteiger charge is -2.10. The van der Waals surface area contributed by atoms with Gasteiger partial charge in [-0.1, -0.05) is 12.1 Å². The number of halogens is 1. The lowest BCUT2D eigenvalue weighted by molar-refractivity contribution is 0.190. The molecule has 1 saturated heterocycles. The zero-order chi connectivity index (χ0) is 13.6. The van der Waals surface area contributed by atoms with Gasteiger partial charge in [-0.25, -0.2) is 4.39 Å². The Bertz CT molecular complexity index is 613. The summed E-state index contributed by atoms with van der Waals surface area (Å²) in [5, 5.41) is 8.40. The van der Waals surface area contributed by atoms with Gasteiger partial charge in [0.2, 0.25) is 11.8 Å². The van der Waals surface area contributed by atoms with Crippen LogP contribution in [0.3, 0.4) is 0 Å². The van der Waals surface area contributed by atoms with Gasteiger partial charge in [0, 0.05) is 6.61 Å². The third kappa shape index (κ3) is 1.85. The van der Waals surface area contributed by atoms with E-state index in [0.717, 1.165) is 31.4 Å². The van der Waals surface area contributed by atoms with Gasteiger partial charge >= 0.3 is 0 Å². The zero-order valence-corrected chi connectivity index (χ0v) is 11.0. The van der Waals surface area contributed by atoms with Crippen molar-refractivity contribution in [1.29, 1.82) is 0 Å². The van der Waals surface area contributed by atoms with Crippen LogP contribution in [0, 0.1) is 5.82 Å². The van der Waals surface area contributed by atoms with Crippen molar-refractivity contribution in [2.45, 2.75) is 30.6 Å². The molecule has 1 aliphatic carbocycles. The van der Waals surface area contributed by atoms with Gasteiger partial charge in [0.05, 0.1) is 17.9 Å². The molecule has 2 aromatic rings. The SMILES string of the molecule is Fc1ccc(C2(c3nnc([C@H]4CCOC4)o3)CC2)cc1. The maximum absolute atomic E-state index is 13.0. The Morgan fingerprint density at radius 1 is 1.15 bits per heavy atom. The van der Waals surface area contributed by atoms with Crippen molar-refractivity contribution >= 4 is 0 Å². The summed E-state index contributed by atoms with van der Waals surface area (Å²) < 4.78 is 24.3. The molecule has 0 unspecified atom stereocenters. The Morgan fingerprint density at radius 3 is 2.60 bits per heavy atom. The molecule has 1 aliphatic heterocycles. The predicted octanol–water partition coefficient (Wildman–Crippen LogP) is 2.79. The maximum Gasteiger partial charge on any atom is 0.227 e. The van der Waals surface area contributed by atoms with E-state index in [-0.39, 0.29) is 17.2 Å². The van der Waals surface area contributed by atoms with Crippen LogP contribution in [0.5, 0.6) is 0 Å². The van der Waals surface area contributed by atoms with Crippen molar-refractivity contribution in [2.75, 3.05) is 13.2 Å². The van der Waals surface area contributed by atoms with Gasteiger partial charge in [0.25, 0.3) is 0 Å². The van der Waals surface area contributed by atoms with Crippen LogP contribution in [0.2, 0.25) is 0 Å². The van der Waals surface area contributed by atoms with Crippen molar-refractivity contribution in [3.63, 3.8) is 0 Å². The summed E-state index contributed by atoms with van der Waals surface area (Å²) in [6, 6.07) is 6.59. The number of aromatic nitrogens is 2. The highest BCUT2D eigenvalue weighted by atomic mass is 19.1. The summed E-state index contributed by atoms with van der Waals surface area (Å²) >= 11 is 0. The van der Waals surface area contributed by atoms with Crippen molar-refractivity contribution in [3.05, 3.63) is 47.4 Å². The molecule has 1 aromatic carbocycles. The minimum atomic E-state index is -0.223. The maximum atomic E-state index is 13.0. The van der Waals surface area contributed by atoms with Crippen LogP contribution >= 0.6 is 0 Å². The summed E-state index contributed by atoms with van der Waals surface area (Å²) in [6.45, 7) is 1.41. The largest absolute Gasteiger partial charge is 0.424 e. The summed E-state index contributed by atoms with van der Waals surface area (Å²) in [5.74, 6) is 1.33. The van der Waals surface area contributed by atoms with Gasteiger partial charge in [0.15, 0.2) is 0 Å². The molecule has 0 amide bonds. The van der Waals surface area contributed by atoms with Gasteiger partial charge in [-0.3, -0.25) is 0 Å². The van der Waals surface area contributed by atoms with Gasteiger partial charge in [-0.2, -0.15) is 0 Å². The Labute approximate surface area is 116 Å². The summed E-state index contributed by atoms with van der Waals surface area (Å²) in [5.41, 5.74) is 0.857. The summed E-state index contributed by atoms with van der Waals surface area (Å²) in [7, 11) is 0. The van der Waals surface area contributed by atoms with E-state index in [1.807, 2.05) is 12.1 Å². The Kier molecular flexibility index (Phi) is 2.63. The van der Waals surface area contributed by atoms with Crippen molar-refractivity contribution in [1.82, 2.24) is 10.2 Å². The van der Waals surface area contributed by atoms with Gasteiger partial charge in [0.1, 0.15) is 5.82 Å². The number of benzene rings is 1. The zero-order valence-electron chi connectivity index (χ0n) is 11.0. The van der Waals surface area contributed by atoms with Crippen LogP contribution in [0.15, 0.2) is 28.7 Å². The van der Waals surface area contributed by atoms with Gasteiger partial charge in [-0.15, -0.1) is 10.2 Å². The molecular formula is C15H15FN2O2. The molecule has 1 aromatic heterocycles. The molecule has 4 rings (SSSR count). The highest BCUT2D eigenvalue weighted by Crippen LogP contribution is 2.53. The average Bonchev–Trinajstić information content (AvgIpc) is 2.93. The Hall–Kier alpha value is -1.75. The van der Waals surface area contributed by atoms with E-state index in [9.17, 15) is 4.39 Å². The molecule has 1 saturated carbocycles. The van der Waals surface area contributed by atoms with Crippen molar-refractivity contribution in [2.24, 2.45) is 0 Å². The molecule has 0 radical (unpaired) electrons. The Morgan fingerprint density at radius 2 is 1.95 bits per heavy atom. The van der Waals surface area contributed by atoms with Crippen molar-refractivity contribution in [3.8, 4) is 0 Å². The number of hydrogen-bond acceptors (Lipinski definition) is 4. The van der Waals surface area contributed by atoms with Crippen LogP contribution in [-0.2, 0) is 10.2 Å². The number of nitrogens with zero attached hydrogens (tertiary/aromatic N) is 2. The molecule has 20 heavy (non-hydrogen) atoms. The summed E-state index contributed by atoms with van der Waals surface area (Å²) in [4.78, 5) is 0. The van der Waals surface area contributed by atoms with Crippen LogP contribution < -0.4 is 0 Å². The molecule has 5 heteroatoms. The molecule has 2 fully saturated rings. The molecule has 0 N–H and O–H groups in total. The fraction of sp³-hybridized carbons (Fsp3) is 0.467. The third-order valence-electron chi connectivity index (χ3n) is 4.28. The molecular weight excluding hydrogens is 259 g/mol. The van der Waals surface area contributed by atoms with Crippen LogP contribution in [0.25, 0.3) is 0 Å². The first kappa shape index (κ1) is 12.0. The number of ether oxygens (including phenoxy) is 1. The quantitative estimate of drug-likeness (QED) is 0.863. The van der Waals surface area contributed by atoms with Crippen LogP contribution in [0.1, 0.15) is 42.5 Å². The second-order valence-electron chi connectivity index (χ2n) is 5.59. The molecule has 1 atom stereocenters. The highest BCUT2D eigenvalue weighted by Gasteiger charge is 2.51. The Balaban J connectivity index is 1.65. The summed E-state index contributed by atoms with van der Waals surface area (Å²) in [6.07, 6.45) is 2.88. The number of hydrogen-bond donors (Lipinski definition) is 0. The standard InChI is InChI=1S/C15H15FN2O2/c16-12-3-1-11(2-4-12)15(6-7-15)14-18-17-13(20-14)10-5-8-19-9-10/h1-4,10H,5-9H2/t10-/m0/s1. The average molecular weight is 274 g/mol. The van der Waals surface area contributed by atoms with Gasteiger partial charge in [-0.05, 0) is 37.0 Å². The van der Waals surface area contributed by atoms with Crippen molar-refractivity contribution < 1.29 is 13.5 Å². The second kappa shape index (κ2) is 4.38. The molecule has 4 nitrogen and oxygen atoms in total. The third-order valence-corrected chi connectivity index (χ3v) is 4.28. The van der Waals surface area contributed by atoms with Crippen LogP contribution in [0.4, 0.5) is 4.39 Å². The minimum Gasteiger partial charge on any atom is -0.424 e. The highest BCUT2D eigenvalue weighted by molar-refractivity contribution is 5.38. The van der Waals surface area contributed by atoms with E-state index in [4.69, 9.17) is 9.15 Å². The lowest BCUT2D eigenvalue weighted by atomic mass is 9.96. The van der Waals surface area contributed by atoms with E-state index < -0.39 is 0 Å². The van der Waals surface area contributed by atoms with E-state index in [0.29, 0.717) is 18.4 Å². The molecule has 0 spiro atoms. The van der Waals surface area contributed by atoms with Crippen LogP contribution in [-0.4, -0.2) is 23.4 Å². The van der Waals surface area contributed by atoms with E-state index in [1.165, 1.54) is 12.1 Å². The first-order chi connectivity index (χ1) is 9.78. The van der Waals surface area contributed by atoms with E-state index in [1.54, 1.807) is 0 Å². The molecule has 2 heterocycles.